The molecule has 0 aliphatic carbocycles. The van der Waals surface area contributed by atoms with Crippen molar-refractivity contribution >= 4 is 35.8 Å². The summed E-state index contributed by atoms with van der Waals surface area (Å²) in [6, 6.07) is 1.47. The quantitative estimate of drug-likeness (QED) is 0.691. The molecular formula is C7H5BCl2O4. The lowest BCUT2D eigenvalue weighted by molar-refractivity contribution is 0.174. The molecule has 1 aromatic rings. The van der Waals surface area contributed by atoms with Gasteiger partial charge in [0, 0.05) is 11.5 Å². The van der Waals surface area contributed by atoms with Crippen LogP contribution in [0.15, 0.2) is 6.07 Å². The zero-order chi connectivity index (χ0) is 10.3. The van der Waals surface area contributed by atoms with E-state index in [9.17, 15) is 0 Å². The van der Waals surface area contributed by atoms with E-state index in [1.54, 1.807) is 0 Å². The van der Waals surface area contributed by atoms with Crippen LogP contribution in [-0.2, 0) is 0 Å². The average molecular weight is 235 g/mol. The summed E-state index contributed by atoms with van der Waals surface area (Å²) in [6.07, 6.45) is 0. The standard InChI is InChI=1S/C7H5BCl2O4/c9-3-1-4-7(14-2-13-4)5(6(3)10)8(11)12/h1,11-12H,2H2. The fraction of sp³-hybridized carbons (Fsp3) is 0.143. The maximum Gasteiger partial charge on any atom is 0.494 e. The largest absolute Gasteiger partial charge is 0.494 e. The van der Waals surface area contributed by atoms with Crippen molar-refractivity contribution in [2.75, 3.05) is 6.79 Å². The number of hydrogen-bond donors (Lipinski definition) is 2. The lowest BCUT2D eigenvalue weighted by Gasteiger charge is -2.08. The second-order valence-electron chi connectivity index (χ2n) is 2.69. The van der Waals surface area contributed by atoms with Gasteiger partial charge in [0.15, 0.2) is 11.5 Å². The van der Waals surface area contributed by atoms with Gasteiger partial charge in [-0.1, -0.05) is 23.2 Å². The minimum atomic E-state index is -1.74. The summed E-state index contributed by atoms with van der Waals surface area (Å²) >= 11 is 11.5. The predicted molar refractivity (Wildman–Crippen MR) is 52.4 cm³/mol. The highest BCUT2D eigenvalue weighted by atomic mass is 35.5. The molecular weight excluding hydrogens is 230 g/mol. The number of halogens is 2. The molecule has 0 amide bonds. The minimum absolute atomic E-state index is 0.0196. The first-order chi connectivity index (χ1) is 6.61. The Labute approximate surface area is 90.1 Å². The summed E-state index contributed by atoms with van der Waals surface area (Å²) < 4.78 is 10.1. The predicted octanol–water partition coefficient (Wildman–Crippen LogP) is 0.402. The van der Waals surface area contributed by atoms with Crippen LogP contribution in [-0.4, -0.2) is 24.0 Å². The van der Waals surface area contributed by atoms with Crippen molar-refractivity contribution in [1.82, 2.24) is 0 Å². The van der Waals surface area contributed by atoms with Crippen LogP contribution in [0, 0.1) is 0 Å². The first kappa shape index (κ1) is 9.92. The molecule has 0 radical (unpaired) electrons. The van der Waals surface area contributed by atoms with Crippen LogP contribution >= 0.6 is 23.2 Å². The Morgan fingerprint density at radius 3 is 2.64 bits per heavy atom. The van der Waals surface area contributed by atoms with Gasteiger partial charge in [0.05, 0.1) is 10.0 Å². The summed E-state index contributed by atoms with van der Waals surface area (Å²) in [6.45, 7) is 0.0196. The molecule has 0 aromatic heterocycles. The van der Waals surface area contributed by atoms with Crippen LogP contribution in [0.3, 0.4) is 0 Å². The highest BCUT2D eigenvalue weighted by molar-refractivity contribution is 6.65. The van der Waals surface area contributed by atoms with Gasteiger partial charge in [-0.2, -0.15) is 0 Å². The van der Waals surface area contributed by atoms with Crippen LogP contribution in [0.4, 0.5) is 0 Å². The number of ether oxygens (including phenoxy) is 2. The van der Waals surface area contributed by atoms with Crippen LogP contribution in [0.25, 0.3) is 0 Å². The van der Waals surface area contributed by atoms with Gasteiger partial charge in [-0.25, -0.2) is 0 Å². The van der Waals surface area contributed by atoms with E-state index in [1.165, 1.54) is 6.07 Å². The molecule has 1 aliphatic rings. The molecule has 0 spiro atoms. The molecule has 14 heavy (non-hydrogen) atoms. The number of hydrogen-bond acceptors (Lipinski definition) is 4. The Bertz CT molecular complexity index is 382. The molecule has 1 aliphatic heterocycles. The molecule has 0 fully saturated rings. The summed E-state index contributed by atoms with van der Waals surface area (Å²) in [4.78, 5) is 0. The van der Waals surface area contributed by atoms with Crippen molar-refractivity contribution in [1.29, 1.82) is 0 Å². The van der Waals surface area contributed by atoms with Crippen LogP contribution in [0.1, 0.15) is 0 Å². The molecule has 0 saturated carbocycles. The first-order valence-electron chi connectivity index (χ1n) is 3.75. The fourth-order valence-electron chi connectivity index (χ4n) is 1.24. The molecule has 0 bridgehead atoms. The second-order valence-corrected chi connectivity index (χ2v) is 3.48. The molecule has 0 unspecified atom stereocenters. The Balaban J connectivity index is 2.66. The molecule has 1 heterocycles. The molecule has 0 saturated heterocycles. The van der Waals surface area contributed by atoms with Gasteiger partial charge < -0.3 is 19.5 Å². The fourth-order valence-corrected chi connectivity index (χ4v) is 1.68. The SMILES string of the molecule is OB(O)c1c(Cl)c(Cl)cc2c1OCO2. The highest BCUT2D eigenvalue weighted by Gasteiger charge is 2.29. The average Bonchev–Trinajstić information content (AvgIpc) is 2.52. The Hall–Kier alpha value is -0.615. The maximum absolute atomic E-state index is 9.07. The third kappa shape index (κ3) is 1.42. The number of benzene rings is 1. The van der Waals surface area contributed by atoms with Gasteiger partial charge in [0.2, 0.25) is 6.79 Å². The lowest BCUT2D eigenvalue weighted by atomic mass is 9.79. The van der Waals surface area contributed by atoms with E-state index < -0.39 is 7.12 Å². The van der Waals surface area contributed by atoms with Crippen LogP contribution in [0.5, 0.6) is 11.5 Å². The van der Waals surface area contributed by atoms with Crippen molar-refractivity contribution in [3.8, 4) is 11.5 Å². The van der Waals surface area contributed by atoms with Gasteiger partial charge in [-0.3, -0.25) is 0 Å². The Kier molecular flexibility index (Phi) is 2.49. The highest BCUT2D eigenvalue weighted by Crippen LogP contribution is 2.37. The summed E-state index contributed by atoms with van der Waals surface area (Å²) in [5.41, 5.74) is 0.0340. The smallest absolute Gasteiger partial charge is 0.454 e. The first-order valence-corrected chi connectivity index (χ1v) is 4.50. The van der Waals surface area contributed by atoms with Crippen molar-refractivity contribution < 1.29 is 19.5 Å². The third-order valence-corrected chi connectivity index (χ3v) is 2.65. The van der Waals surface area contributed by atoms with Gasteiger partial charge in [-0.15, -0.1) is 0 Å². The van der Waals surface area contributed by atoms with E-state index in [0.29, 0.717) is 5.75 Å². The monoisotopic (exact) mass is 234 g/mol. The zero-order valence-electron chi connectivity index (χ0n) is 6.83. The zero-order valence-corrected chi connectivity index (χ0v) is 8.34. The molecule has 74 valence electrons. The molecule has 0 atom stereocenters. The van der Waals surface area contributed by atoms with Gasteiger partial charge in [0.25, 0.3) is 0 Å². The normalized spacial score (nSPS) is 13.1. The lowest BCUT2D eigenvalue weighted by Crippen LogP contribution is -2.32. The molecule has 4 nitrogen and oxygen atoms in total. The van der Waals surface area contributed by atoms with Crippen LogP contribution < -0.4 is 14.9 Å². The van der Waals surface area contributed by atoms with Gasteiger partial charge in [-0.05, 0) is 0 Å². The topological polar surface area (TPSA) is 58.9 Å². The van der Waals surface area contributed by atoms with E-state index in [1.807, 2.05) is 0 Å². The molecule has 7 heteroatoms. The molecule has 2 N–H and O–H groups in total. The van der Waals surface area contributed by atoms with Crippen molar-refractivity contribution in [3.63, 3.8) is 0 Å². The molecule has 1 aromatic carbocycles. The number of rotatable bonds is 1. The van der Waals surface area contributed by atoms with Crippen molar-refractivity contribution in [3.05, 3.63) is 16.1 Å². The van der Waals surface area contributed by atoms with E-state index in [-0.39, 0.29) is 28.1 Å². The third-order valence-electron chi connectivity index (χ3n) is 1.85. The maximum atomic E-state index is 9.07. The Morgan fingerprint density at radius 1 is 1.29 bits per heavy atom. The van der Waals surface area contributed by atoms with Crippen molar-refractivity contribution in [2.45, 2.75) is 0 Å². The second kappa shape index (κ2) is 3.51. The van der Waals surface area contributed by atoms with Crippen molar-refractivity contribution in [2.24, 2.45) is 0 Å². The van der Waals surface area contributed by atoms with Crippen LogP contribution in [0.2, 0.25) is 10.0 Å². The molecule has 2 rings (SSSR count). The van der Waals surface area contributed by atoms with E-state index >= 15 is 0 Å². The summed E-state index contributed by atoms with van der Waals surface area (Å²) in [5, 5.41) is 18.4. The van der Waals surface area contributed by atoms with E-state index in [4.69, 9.17) is 42.7 Å². The van der Waals surface area contributed by atoms with E-state index in [0.717, 1.165) is 0 Å². The van der Waals surface area contributed by atoms with E-state index in [2.05, 4.69) is 0 Å². The summed E-state index contributed by atoms with van der Waals surface area (Å²) in [7, 11) is -1.74. The summed E-state index contributed by atoms with van der Waals surface area (Å²) in [5.74, 6) is 0.594. The Morgan fingerprint density at radius 2 is 2.00 bits per heavy atom. The van der Waals surface area contributed by atoms with Gasteiger partial charge in [0.1, 0.15) is 0 Å². The number of fused-ring (bicyclic) bond motifs is 1. The minimum Gasteiger partial charge on any atom is -0.454 e. The van der Waals surface area contributed by atoms with Gasteiger partial charge >= 0.3 is 7.12 Å².